The van der Waals surface area contributed by atoms with E-state index in [9.17, 15) is 5.26 Å². The van der Waals surface area contributed by atoms with Crippen molar-refractivity contribution in [3.05, 3.63) is 212 Å². The zero-order chi connectivity index (χ0) is 40.3. The molecule has 0 spiro atoms. The van der Waals surface area contributed by atoms with Crippen LogP contribution in [0.4, 0.5) is 0 Å². The average molecular weight is 767 g/mol. The van der Waals surface area contributed by atoms with Crippen LogP contribution in [0.1, 0.15) is 5.56 Å². The molecule has 60 heavy (non-hydrogen) atoms. The predicted octanol–water partition coefficient (Wildman–Crippen LogP) is 13.0. The van der Waals surface area contributed by atoms with Crippen LogP contribution in [0, 0.1) is 11.3 Å². The Balaban J connectivity index is 1.08. The highest BCUT2D eigenvalue weighted by atomic mass is 15.0. The van der Waals surface area contributed by atoms with Gasteiger partial charge in [-0.1, -0.05) is 176 Å². The van der Waals surface area contributed by atoms with E-state index in [0.717, 1.165) is 77.8 Å². The van der Waals surface area contributed by atoms with Crippen molar-refractivity contribution in [3.63, 3.8) is 0 Å². The monoisotopic (exact) mass is 766 g/mol. The summed E-state index contributed by atoms with van der Waals surface area (Å²) < 4.78 is 0. The van der Waals surface area contributed by atoms with Gasteiger partial charge in [0.15, 0.2) is 23.3 Å². The third-order valence-corrected chi connectivity index (χ3v) is 10.6. The van der Waals surface area contributed by atoms with E-state index in [1.54, 1.807) is 0 Å². The minimum absolute atomic E-state index is 0.555. The molecule has 6 heteroatoms. The quantitative estimate of drug-likeness (QED) is 0.153. The lowest BCUT2D eigenvalue weighted by atomic mass is 9.93. The summed E-state index contributed by atoms with van der Waals surface area (Å²) in [5.41, 5.74) is 13.0. The van der Waals surface area contributed by atoms with Gasteiger partial charge in [-0.2, -0.15) is 5.26 Å². The van der Waals surface area contributed by atoms with E-state index in [-0.39, 0.29) is 0 Å². The van der Waals surface area contributed by atoms with Gasteiger partial charge in [-0.3, -0.25) is 0 Å². The minimum atomic E-state index is 0.555. The summed E-state index contributed by atoms with van der Waals surface area (Å²) in [4.78, 5) is 25.6. The fourth-order valence-corrected chi connectivity index (χ4v) is 7.68. The van der Waals surface area contributed by atoms with Crippen molar-refractivity contribution in [1.29, 1.82) is 5.26 Å². The van der Waals surface area contributed by atoms with Crippen molar-refractivity contribution in [2.45, 2.75) is 0 Å². The molecule has 0 radical (unpaired) electrons. The number of para-hydroxylation sites is 1. The molecule has 0 fully saturated rings. The number of rotatable bonds is 8. The number of aromatic nitrogens is 5. The molecular formula is C54H34N6. The van der Waals surface area contributed by atoms with Crippen LogP contribution in [-0.4, -0.2) is 24.9 Å². The van der Waals surface area contributed by atoms with E-state index < -0.39 is 0 Å². The summed E-state index contributed by atoms with van der Waals surface area (Å²) in [5, 5.41) is 10.6. The van der Waals surface area contributed by atoms with Gasteiger partial charge >= 0.3 is 0 Å². The maximum absolute atomic E-state index is 9.55. The van der Waals surface area contributed by atoms with Crippen molar-refractivity contribution in [2.24, 2.45) is 0 Å². The van der Waals surface area contributed by atoms with Gasteiger partial charge in [-0.05, 0) is 63.7 Å². The second-order valence-electron chi connectivity index (χ2n) is 14.4. The Morgan fingerprint density at radius 3 is 1.42 bits per heavy atom. The first-order valence-electron chi connectivity index (χ1n) is 19.7. The molecule has 0 saturated heterocycles. The van der Waals surface area contributed by atoms with E-state index in [2.05, 4.69) is 84.9 Å². The lowest BCUT2D eigenvalue weighted by molar-refractivity contribution is 1.07. The molecule has 10 rings (SSSR count). The normalized spacial score (nSPS) is 11.0. The van der Waals surface area contributed by atoms with E-state index in [0.29, 0.717) is 28.9 Å². The lowest BCUT2D eigenvalue weighted by Gasteiger charge is -2.15. The summed E-state index contributed by atoms with van der Waals surface area (Å²) >= 11 is 0. The Kier molecular flexibility index (Phi) is 9.51. The zero-order valence-electron chi connectivity index (χ0n) is 32.3. The maximum atomic E-state index is 9.55. The fraction of sp³-hybridized carbons (Fsp3) is 0. The van der Waals surface area contributed by atoms with Gasteiger partial charge in [0.05, 0.1) is 22.8 Å². The van der Waals surface area contributed by atoms with Crippen molar-refractivity contribution in [1.82, 2.24) is 24.9 Å². The summed E-state index contributed by atoms with van der Waals surface area (Å²) in [7, 11) is 0. The van der Waals surface area contributed by atoms with Crippen LogP contribution < -0.4 is 0 Å². The highest BCUT2D eigenvalue weighted by Crippen LogP contribution is 2.38. The molecule has 0 aliphatic carbocycles. The Labute approximate surface area is 347 Å². The first-order valence-corrected chi connectivity index (χ1v) is 19.7. The number of hydrogen-bond donors (Lipinski definition) is 0. The third kappa shape index (κ3) is 7.08. The Morgan fingerprint density at radius 1 is 0.300 bits per heavy atom. The average Bonchev–Trinajstić information content (AvgIpc) is 3.34. The molecule has 2 heterocycles. The predicted molar refractivity (Wildman–Crippen MR) is 241 cm³/mol. The van der Waals surface area contributed by atoms with Crippen molar-refractivity contribution in [3.8, 4) is 96.3 Å². The van der Waals surface area contributed by atoms with Crippen LogP contribution in [0.3, 0.4) is 0 Å². The SMILES string of the molecule is N#Cc1cccc(-c2cccc(-c3nc(-c4ccccc4)nc(-c4ccccc4-c4cccc(-c5ccccc5-c5nc(-c6ccccc6)c6ccccc6n5)c4)n3)c2)c1. The molecule has 6 nitrogen and oxygen atoms in total. The van der Waals surface area contributed by atoms with Crippen LogP contribution >= 0.6 is 0 Å². The van der Waals surface area contributed by atoms with Crippen molar-refractivity contribution in [2.75, 3.05) is 0 Å². The molecule has 0 amide bonds. The molecule has 0 N–H and O–H groups in total. The Bertz CT molecular complexity index is 3230. The maximum Gasteiger partial charge on any atom is 0.164 e. The van der Waals surface area contributed by atoms with Crippen molar-refractivity contribution < 1.29 is 0 Å². The summed E-state index contributed by atoms with van der Waals surface area (Å²) in [6, 6.07) is 71.6. The molecule has 280 valence electrons. The van der Waals surface area contributed by atoms with Gasteiger partial charge < -0.3 is 0 Å². The number of hydrogen-bond acceptors (Lipinski definition) is 6. The van der Waals surface area contributed by atoms with Gasteiger partial charge in [-0.15, -0.1) is 0 Å². The van der Waals surface area contributed by atoms with Crippen molar-refractivity contribution >= 4 is 10.9 Å². The molecule has 0 saturated carbocycles. The Hall–Kier alpha value is -8.40. The molecule has 0 bridgehead atoms. The molecule has 0 aliphatic heterocycles. The van der Waals surface area contributed by atoms with Gasteiger partial charge in [-0.25, -0.2) is 24.9 Å². The second kappa shape index (κ2) is 15.9. The van der Waals surface area contributed by atoms with Crippen LogP contribution in [0.2, 0.25) is 0 Å². The molecule has 0 aliphatic rings. The van der Waals surface area contributed by atoms with Gasteiger partial charge in [0.1, 0.15) is 0 Å². The highest BCUT2D eigenvalue weighted by Gasteiger charge is 2.18. The molecule has 8 aromatic carbocycles. The summed E-state index contributed by atoms with van der Waals surface area (Å²) in [6.45, 7) is 0. The summed E-state index contributed by atoms with van der Waals surface area (Å²) in [6.07, 6.45) is 0. The standard InChI is InChI=1S/C54H34N6/c55-35-36-16-13-21-39(32-36)40-22-14-25-43(33-40)52-58-51(38-19-5-2-6-20-38)59-54(60-52)47-29-10-8-27-45(47)42-24-15-23-41(34-42)44-26-7-9-28-46(44)53-56-49-31-12-11-30-48(49)50(57-53)37-17-3-1-4-18-37/h1-34H. The van der Waals surface area contributed by atoms with Gasteiger partial charge in [0, 0.05) is 33.2 Å². The molecule has 10 aromatic rings. The fourth-order valence-electron chi connectivity index (χ4n) is 7.68. The van der Waals surface area contributed by atoms with Crippen LogP contribution in [0.25, 0.3) is 101 Å². The molecule has 2 aromatic heterocycles. The number of benzene rings is 8. The smallest absolute Gasteiger partial charge is 0.164 e. The second-order valence-corrected chi connectivity index (χ2v) is 14.4. The van der Waals surface area contributed by atoms with E-state index in [1.807, 2.05) is 127 Å². The minimum Gasteiger partial charge on any atom is -0.228 e. The van der Waals surface area contributed by atoms with Crippen LogP contribution in [0.15, 0.2) is 206 Å². The molecule has 0 atom stereocenters. The first-order chi connectivity index (χ1) is 29.7. The molecule has 0 unspecified atom stereocenters. The van der Waals surface area contributed by atoms with E-state index in [1.165, 1.54) is 0 Å². The highest BCUT2D eigenvalue weighted by molar-refractivity contribution is 5.95. The van der Waals surface area contributed by atoms with Crippen LogP contribution in [-0.2, 0) is 0 Å². The number of fused-ring (bicyclic) bond motifs is 1. The topological polar surface area (TPSA) is 88.2 Å². The van der Waals surface area contributed by atoms with Gasteiger partial charge in [0.2, 0.25) is 0 Å². The largest absolute Gasteiger partial charge is 0.228 e. The third-order valence-electron chi connectivity index (χ3n) is 10.6. The van der Waals surface area contributed by atoms with E-state index >= 15 is 0 Å². The Morgan fingerprint density at radius 2 is 0.750 bits per heavy atom. The first kappa shape index (κ1) is 36.0. The zero-order valence-corrected chi connectivity index (χ0v) is 32.3. The lowest BCUT2D eigenvalue weighted by Crippen LogP contribution is -2.01. The van der Waals surface area contributed by atoms with Crippen LogP contribution in [0.5, 0.6) is 0 Å². The van der Waals surface area contributed by atoms with E-state index in [4.69, 9.17) is 24.9 Å². The number of nitriles is 1. The molecular weight excluding hydrogens is 733 g/mol. The number of nitrogens with zero attached hydrogens (tertiary/aromatic N) is 6. The van der Waals surface area contributed by atoms with Gasteiger partial charge in [0.25, 0.3) is 0 Å². The summed E-state index contributed by atoms with van der Waals surface area (Å²) in [5.74, 6) is 2.37.